The van der Waals surface area contributed by atoms with Crippen LogP contribution in [0.1, 0.15) is 19.8 Å². The van der Waals surface area contributed by atoms with Gasteiger partial charge < -0.3 is 10.4 Å². The quantitative estimate of drug-likeness (QED) is 0.656. The first-order chi connectivity index (χ1) is 6.24. The van der Waals surface area contributed by atoms with Gasteiger partial charge in [-0.1, -0.05) is 6.92 Å². The predicted molar refractivity (Wildman–Crippen MR) is 50.8 cm³/mol. The Labute approximate surface area is 78.9 Å². The lowest BCUT2D eigenvalue weighted by atomic mass is 10.1. The Balaban J connectivity index is 2.39. The Morgan fingerprint density at radius 1 is 1.69 bits per heavy atom. The number of rotatable bonds is 4. The van der Waals surface area contributed by atoms with Crippen LogP contribution in [0.2, 0.25) is 0 Å². The van der Waals surface area contributed by atoms with Gasteiger partial charge in [0.05, 0.1) is 6.54 Å². The minimum atomic E-state index is -0.729. The Hall–Kier alpha value is -0.610. The van der Waals surface area contributed by atoms with Gasteiger partial charge in [0, 0.05) is 12.6 Å². The number of aliphatic carboxylic acids is 1. The van der Waals surface area contributed by atoms with Gasteiger partial charge in [-0.2, -0.15) is 0 Å². The molecule has 1 unspecified atom stereocenters. The molecule has 1 aliphatic rings. The summed E-state index contributed by atoms with van der Waals surface area (Å²) in [5.74, 6) is -0.729. The Bertz CT molecular complexity index is 167. The van der Waals surface area contributed by atoms with Gasteiger partial charge in [0.25, 0.3) is 0 Å². The fourth-order valence-corrected chi connectivity index (χ4v) is 1.82. The maximum absolute atomic E-state index is 10.5. The Morgan fingerprint density at radius 2 is 2.46 bits per heavy atom. The second-order valence-electron chi connectivity index (χ2n) is 3.46. The van der Waals surface area contributed by atoms with Crippen LogP contribution in [0.4, 0.5) is 0 Å². The van der Waals surface area contributed by atoms with Crippen molar-refractivity contribution in [2.75, 3.05) is 26.2 Å². The van der Waals surface area contributed by atoms with E-state index in [0.717, 1.165) is 32.5 Å². The topological polar surface area (TPSA) is 52.6 Å². The van der Waals surface area contributed by atoms with Crippen LogP contribution < -0.4 is 5.32 Å². The van der Waals surface area contributed by atoms with Gasteiger partial charge in [-0.3, -0.25) is 9.69 Å². The van der Waals surface area contributed by atoms with Crippen LogP contribution in [-0.2, 0) is 4.79 Å². The van der Waals surface area contributed by atoms with Crippen molar-refractivity contribution in [2.45, 2.75) is 25.8 Å². The smallest absolute Gasteiger partial charge is 0.317 e. The maximum Gasteiger partial charge on any atom is 0.317 e. The molecule has 1 saturated heterocycles. The van der Waals surface area contributed by atoms with Crippen LogP contribution in [0.3, 0.4) is 0 Å². The van der Waals surface area contributed by atoms with Crippen molar-refractivity contribution >= 4 is 5.97 Å². The molecule has 0 bridgehead atoms. The molecule has 1 fully saturated rings. The van der Waals surface area contributed by atoms with Crippen molar-refractivity contribution in [3.05, 3.63) is 0 Å². The molecule has 0 aromatic heterocycles. The molecule has 4 heteroatoms. The molecule has 76 valence electrons. The first-order valence-electron chi connectivity index (χ1n) is 4.90. The summed E-state index contributed by atoms with van der Waals surface area (Å²) in [4.78, 5) is 12.6. The van der Waals surface area contributed by atoms with Gasteiger partial charge in [0.2, 0.25) is 0 Å². The highest BCUT2D eigenvalue weighted by molar-refractivity contribution is 5.69. The highest BCUT2D eigenvalue weighted by Crippen LogP contribution is 2.09. The number of nitrogens with zero attached hydrogens (tertiary/aromatic N) is 1. The molecule has 0 amide bonds. The summed E-state index contributed by atoms with van der Waals surface area (Å²) in [5, 5.41) is 12.0. The van der Waals surface area contributed by atoms with Crippen LogP contribution in [0.5, 0.6) is 0 Å². The predicted octanol–water partition coefficient (Wildman–Crippen LogP) is 0.145. The van der Waals surface area contributed by atoms with E-state index in [-0.39, 0.29) is 6.54 Å². The third-order valence-corrected chi connectivity index (χ3v) is 2.53. The lowest BCUT2D eigenvalue weighted by molar-refractivity contribution is -0.139. The fraction of sp³-hybridized carbons (Fsp3) is 0.889. The van der Waals surface area contributed by atoms with E-state index in [1.54, 1.807) is 0 Å². The molecule has 0 aromatic rings. The molecule has 0 aromatic carbocycles. The molecule has 0 radical (unpaired) electrons. The van der Waals surface area contributed by atoms with E-state index in [4.69, 9.17) is 5.11 Å². The molecular formula is C9H18N2O2. The molecule has 0 aliphatic carbocycles. The highest BCUT2D eigenvalue weighted by atomic mass is 16.4. The summed E-state index contributed by atoms with van der Waals surface area (Å²) in [6.07, 6.45) is 2.27. The summed E-state index contributed by atoms with van der Waals surface area (Å²) in [6, 6.07) is 0.412. The Morgan fingerprint density at radius 3 is 2.92 bits per heavy atom. The van der Waals surface area contributed by atoms with Crippen LogP contribution in [0.15, 0.2) is 0 Å². The van der Waals surface area contributed by atoms with E-state index in [0.29, 0.717) is 6.04 Å². The summed E-state index contributed by atoms with van der Waals surface area (Å²) in [6.45, 7) is 5.00. The number of piperidine rings is 1. The first-order valence-corrected chi connectivity index (χ1v) is 4.90. The molecule has 1 rings (SSSR count). The number of nitrogens with one attached hydrogen (secondary N) is 1. The number of hydrogen-bond acceptors (Lipinski definition) is 3. The SMILES string of the molecule is CCN(CC(=O)O)C1CCCNC1. The van der Waals surface area contributed by atoms with Gasteiger partial charge in [0.15, 0.2) is 0 Å². The molecule has 0 spiro atoms. The molecule has 2 N–H and O–H groups in total. The normalized spacial score (nSPS) is 23.4. The van der Waals surface area contributed by atoms with Gasteiger partial charge in [-0.05, 0) is 25.9 Å². The van der Waals surface area contributed by atoms with Crippen LogP contribution >= 0.6 is 0 Å². The minimum absolute atomic E-state index is 0.169. The lowest BCUT2D eigenvalue weighted by Crippen LogP contribution is -2.47. The molecular weight excluding hydrogens is 168 g/mol. The first kappa shape index (κ1) is 10.5. The molecule has 4 nitrogen and oxygen atoms in total. The van der Waals surface area contributed by atoms with Crippen molar-refractivity contribution in [1.29, 1.82) is 0 Å². The van der Waals surface area contributed by atoms with Crippen LogP contribution in [-0.4, -0.2) is 48.2 Å². The zero-order chi connectivity index (χ0) is 9.68. The summed E-state index contributed by atoms with van der Waals surface area (Å²) >= 11 is 0. The third-order valence-electron chi connectivity index (χ3n) is 2.53. The van der Waals surface area contributed by atoms with Crippen LogP contribution in [0.25, 0.3) is 0 Å². The number of carboxylic acid groups (broad SMARTS) is 1. The zero-order valence-electron chi connectivity index (χ0n) is 8.12. The van der Waals surface area contributed by atoms with Crippen molar-refractivity contribution in [1.82, 2.24) is 10.2 Å². The van der Waals surface area contributed by atoms with E-state index in [2.05, 4.69) is 5.32 Å². The summed E-state index contributed by atoms with van der Waals surface area (Å²) in [5.41, 5.74) is 0. The number of likely N-dealkylation sites (N-methyl/N-ethyl adjacent to an activating group) is 1. The average molecular weight is 186 g/mol. The van der Waals surface area contributed by atoms with E-state index >= 15 is 0 Å². The number of carbonyl (C=O) groups is 1. The largest absolute Gasteiger partial charge is 0.480 e. The standard InChI is InChI=1S/C9H18N2O2/c1-2-11(7-9(12)13)8-4-3-5-10-6-8/h8,10H,2-7H2,1H3,(H,12,13). The van der Waals surface area contributed by atoms with Gasteiger partial charge >= 0.3 is 5.97 Å². The third kappa shape index (κ3) is 3.32. The van der Waals surface area contributed by atoms with Crippen molar-refractivity contribution in [3.63, 3.8) is 0 Å². The summed E-state index contributed by atoms with van der Waals surface area (Å²) in [7, 11) is 0. The monoisotopic (exact) mass is 186 g/mol. The summed E-state index contributed by atoms with van der Waals surface area (Å²) < 4.78 is 0. The second kappa shape index (κ2) is 5.19. The van der Waals surface area contributed by atoms with E-state index in [1.165, 1.54) is 0 Å². The van der Waals surface area contributed by atoms with E-state index in [1.807, 2.05) is 11.8 Å². The molecule has 1 heterocycles. The Kier molecular flexibility index (Phi) is 4.18. The van der Waals surface area contributed by atoms with E-state index < -0.39 is 5.97 Å². The fourth-order valence-electron chi connectivity index (χ4n) is 1.82. The van der Waals surface area contributed by atoms with Crippen molar-refractivity contribution in [3.8, 4) is 0 Å². The van der Waals surface area contributed by atoms with Crippen molar-refractivity contribution in [2.24, 2.45) is 0 Å². The molecule has 1 atom stereocenters. The zero-order valence-corrected chi connectivity index (χ0v) is 8.12. The minimum Gasteiger partial charge on any atom is -0.480 e. The highest BCUT2D eigenvalue weighted by Gasteiger charge is 2.20. The van der Waals surface area contributed by atoms with Gasteiger partial charge in [-0.15, -0.1) is 0 Å². The van der Waals surface area contributed by atoms with Gasteiger partial charge in [-0.25, -0.2) is 0 Å². The van der Waals surface area contributed by atoms with Crippen molar-refractivity contribution < 1.29 is 9.90 Å². The lowest BCUT2D eigenvalue weighted by Gasteiger charge is -2.32. The average Bonchev–Trinajstić information content (AvgIpc) is 2.15. The molecule has 1 aliphatic heterocycles. The maximum atomic E-state index is 10.5. The molecule has 13 heavy (non-hydrogen) atoms. The molecule has 0 saturated carbocycles. The van der Waals surface area contributed by atoms with Gasteiger partial charge in [0.1, 0.15) is 0 Å². The number of hydrogen-bond donors (Lipinski definition) is 2. The van der Waals surface area contributed by atoms with E-state index in [9.17, 15) is 4.79 Å². The number of carboxylic acids is 1. The second-order valence-corrected chi connectivity index (χ2v) is 3.46. The van der Waals surface area contributed by atoms with Crippen LogP contribution in [0, 0.1) is 0 Å².